The highest BCUT2D eigenvalue weighted by atomic mass is 16.4. The molecule has 0 heterocycles. The molecule has 0 aromatic rings. The number of nitrogens with one attached hydrogen (secondary N) is 1. The summed E-state index contributed by atoms with van der Waals surface area (Å²) in [5.41, 5.74) is 1.28. The lowest BCUT2D eigenvalue weighted by Crippen LogP contribution is -2.24. The SMILES string of the molecule is O=C(O)CCCCCCNC(=O)CC1=CCCCC1. The molecule has 2 N–H and O–H groups in total. The summed E-state index contributed by atoms with van der Waals surface area (Å²) in [5.74, 6) is -0.604. The Bertz CT molecular complexity index is 323. The van der Waals surface area contributed by atoms with Crippen molar-refractivity contribution >= 4 is 11.9 Å². The second kappa shape index (κ2) is 9.59. The quantitative estimate of drug-likeness (QED) is 0.498. The Morgan fingerprint density at radius 2 is 1.95 bits per heavy atom. The maximum Gasteiger partial charge on any atom is 0.303 e. The fourth-order valence-corrected chi connectivity index (χ4v) is 2.32. The number of unbranched alkanes of at least 4 members (excludes halogenated alkanes) is 3. The highest BCUT2D eigenvalue weighted by Gasteiger charge is 2.08. The highest BCUT2D eigenvalue weighted by molar-refractivity contribution is 5.78. The molecule has 1 amide bonds. The van der Waals surface area contributed by atoms with Crippen molar-refractivity contribution in [1.82, 2.24) is 5.32 Å². The van der Waals surface area contributed by atoms with Gasteiger partial charge in [-0.25, -0.2) is 0 Å². The van der Waals surface area contributed by atoms with Crippen LogP contribution in [0.15, 0.2) is 11.6 Å². The van der Waals surface area contributed by atoms with Crippen LogP contribution in [0, 0.1) is 0 Å². The normalized spacial score (nSPS) is 14.8. The number of hydrogen-bond donors (Lipinski definition) is 2. The van der Waals surface area contributed by atoms with Crippen molar-refractivity contribution in [1.29, 1.82) is 0 Å². The van der Waals surface area contributed by atoms with Gasteiger partial charge in [0.15, 0.2) is 0 Å². The molecule has 0 spiro atoms. The van der Waals surface area contributed by atoms with Crippen molar-refractivity contribution in [3.63, 3.8) is 0 Å². The number of aliphatic carboxylic acids is 1. The number of amides is 1. The molecule has 0 aromatic carbocycles. The fraction of sp³-hybridized carbons (Fsp3) is 0.733. The van der Waals surface area contributed by atoms with Gasteiger partial charge in [-0.2, -0.15) is 0 Å². The number of rotatable bonds is 9. The van der Waals surface area contributed by atoms with Crippen LogP contribution < -0.4 is 5.32 Å². The number of carboxylic acid groups (broad SMARTS) is 1. The summed E-state index contributed by atoms with van der Waals surface area (Å²) in [6.45, 7) is 0.708. The van der Waals surface area contributed by atoms with Crippen LogP contribution in [0.25, 0.3) is 0 Å². The molecule has 0 atom stereocenters. The van der Waals surface area contributed by atoms with Gasteiger partial charge in [0.25, 0.3) is 0 Å². The lowest BCUT2D eigenvalue weighted by molar-refractivity contribution is -0.137. The minimum atomic E-state index is -0.728. The van der Waals surface area contributed by atoms with Crippen molar-refractivity contribution < 1.29 is 14.7 Å². The van der Waals surface area contributed by atoms with Gasteiger partial charge < -0.3 is 10.4 Å². The van der Waals surface area contributed by atoms with Crippen LogP contribution in [-0.2, 0) is 9.59 Å². The van der Waals surface area contributed by atoms with Crippen LogP contribution in [0.1, 0.15) is 64.2 Å². The van der Waals surface area contributed by atoms with E-state index in [0.29, 0.717) is 13.0 Å². The van der Waals surface area contributed by atoms with Gasteiger partial charge in [-0.1, -0.05) is 24.5 Å². The molecule has 1 aliphatic carbocycles. The Kier molecular flexibility index (Phi) is 7.94. The van der Waals surface area contributed by atoms with E-state index in [4.69, 9.17) is 5.11 Å². The van der Waals surface area contributed by atoms with Gasteiger partial charge >= 0.3 is 5.97 Å². The van der Waals surface area contributed by atoms with E-state index in [2.05, 4.69) is 11.4 Å². The van der Waals surface area contributed by atoms with Crippen LogP contribution in [0.5, 0.6) is 0 Å². The minimum absolute atomic E-state index is 0.124. The van der Waals surface area contributed by atoms with Crippen molar-refractivity contribution in [2.24, 2.45) is 0 Å². The first kappa shape index (κ1) is 15.7. The van der Waals surface area contributed by atoms with E-state index >= 15 is 0 Å². The predicted octanol–water partition coefficient (Wildman–Crippen LogP) is 3.03. The van der Waals surface area contributed by atoms with Gasteiger partial charge in [0.1, 0.15) is 0 Å². The van der Waals surface area contributed by atoms with Crippen molar-refractivity contribution in [2.45, 2.75) is 64.2 Å². The molecule has 0 bridgehead atoms. The van der Waals surface area contributed by atoms with Gasteiger partial charge in [-0.15, -0.1) is 0 Å². The predicted molar refractivity (Wildman–Crippen MR) is 74.9 cm³/mol. The number of hydrogen-bond acceptors (Lipinski definition) is 2. The maximum absolute atomic E-state index is 11.7. The van der Waals surface area contributed by atoms with Crippen LogP contribution in [-0.4, -0.2) is 23.5 Å². The van der Waals surface area contributed by atoms with Gasteiger partial charge in [-0.3, -0.25) is 9.59 Å². The molecule has 0 saturated carbocycles. The molecule has 0 aromatic heterocycles. The van der Waals surface area contributed by atoms with Crippen LogP contribution in [0.3, 0.4) is 0 Å². The first-order valence-corrected chi connectivity index (χ1v) is 7.35. The molecule has 0 saturated heterocycles. The second-order valence-electron chi connectivity index (χ2n) is 5.19. The van der Waals surface area contributed by atoms with E-state index in [1.54, 1.807) is 0 Å². The Labute approximate surface area is 115 Å². The zero-order valence-electron chi connectivity index (χ0n) is 11.6. The number of allylic oxidation sites excluding steroid dienone is 1. The van der Waals surface area contributed by atoms with E-state index in [-0.39, 0.29) is 12.3 Å². The van der Waals surface area contributed by atoms with E-state index in [1.807, 2.05) is 0 Å². The van der Waals surface area contributed by atoms with Gasteiger partial charge in [0.2, 0.25) is 5.91 Å². The smallest absolute Gasteiger partial charge is 0.303 e. The first-order chi connectivity index (χ1) is 9.18. The largest absolute Gasteiger partial charge is 0.481 e. The summed E-state index contributed by atoms with van der Waals surface area (Å²) in [6.07, 6.45) is 11.2. The third-order valence-corrected chi connectivity index (χ3v) is 3.41. The molecule has 108 valence electrons. The van der Waals surface area contributed by atoms with Crippen molar-refractivity contribution in [2.75, 3.05) is 6.54 Å². The van der Waals surface area contributed by atoms with E-state index in [0.717, 1.165) is 38.5 Å². The van der Waals surface area contributed by atoms with Crippen molar-refractivity contribution in [3.8, 4) is 0 Å². The third-order valence-electron chi connectivity index (χ3n) is 3.41. The van der Waals surface area contributed by atoms with Crippen LogP contribution >= 0.6 is 0 Å². The summed E-state index contributed by atoms with van der Waals surface area (Å²) in [4.78, 5) is 22.0. The topological polar surface area (TPSA) is 66.4 Å². The maximum atomic E-state index is 11.7. The average Bonchev–Trinajstić information content (AvgIpc) is 2.38. The summed E-state index contributed by atoms with van der Waals surface area (Å²) in [5, 5.41) is 11.4. The summed E-state index contributed by atoms with van der Waals surface area (Å²) in [7, 11) is 0. The number of carbonyl (C=O) groups is 2. The molecule has 1 aliphatic rings. The van der Waals surface area contributed by atoms with Gasteiger partial charge in [-0.05, 0) is 38.5 Å². The molecule has 4 heteroatoms. The summed E-state index contributed by atoms with van der Waals surface area (Å²) < 4.78 is 0. The average molecular weight is 267 g/mol. The van der Waals surface area contributed by atoms with E-state index in [9.17, 15) is 9.59 Å². The zero-order valence-corrected chi connectivity index (χ0v) is 11.6. The molecule has 1 rings (SSSR count). The second-order valence-corrected chi connectivity index (χ2v) is 5.19. The van der Waals surface area contributed by atoms with Gasteiger partial charge in [0.05, 0.1) is 0 Å². The Hall–Kier alpha value is -1.32. The Morgan fingerprint density at radius 1 is 1.16 bits per heavy atom. The molecule has 4 nitrogen and oxygen atoms in total. The lowest BCUT2D eigenvalue weighted by atomic mass is 9.97. The molecular formula is C15H25NO3. The third kappa shape index (κ3) is 8.41. The van der Waals surface area contributed by atoms with Crippen LogP contribution in [0.2, 0.25) is 0 Å². The standard InChI is InChI=1S/C15H25NO3/c17-14(12-13-8-4-3-5-9-13)16-11-7-2-1-6-10-15(18)19/h8H,1-7,9-12H2,(H,16,17)(H,18,19). The first-order valence-electron chi connectivity index (χ1n) is 7.35. The van der Waals surface area contributed by atoms with E-state index in [1.165, 1.54) is 18.4 Å². The monoisotopic (exact) mass is 267 g/mol. The molecular weight excluding hydrogens is 242 g/mol. The number of carboxylic acids is 1. The Morgan fingerprint density at radius 3 is 2.63 bits per heavy atom. The molecule has 19 heavy (non-hydrogen) atoms. The van der Waals surface area contributed by atoms with Crippen molar-refractivity contribution in [3.05, 3.63) is 11.6 Å². The van der Waals surface area contributed by atoms with E-state index < -0.39 is 5.97 Å². The molecule has 0 fully saturated rings. The fourth-order valence-electron chi connectivity index (χ4n) is 2.32. The lowest BCUT2D eigenvalue weighted by Gasteiger charge is -2.12. The summed E-state index contributed by atoms with van der Waals surface area (Å²) >= 11 is 0. The zero-order chi connectivity index (χ0) is 13.9. The molecule has 0 radical (unpaired) electrons. The Balaban J connectivity index is 1.95. The molecule has 0 aliphatic heterocycles. The van der Waals surface area contributed by atoms with Gasteiger partial charge in [0, 0.05) is 19.4 Å². The molecule has 0 unspecified atom stereocenters. The highest BCUT2D eigenvalue weighted by Crippen LogP contribution is 2.19. The summed E-state index contributed by atoms with van der Waals surface area (Å²) in [6, 6.07) is 0. The van der Waals surface area contributed by atoms with Crippen LogP contribution in [0.4, 0.5) is 0 Å². The number of carbonyl (C=O) groups excluding carboxylic acids is 1. The minimum Gasteiger partial charge on any atom is -0.481 e.